The van der Waals surface area contributed by atoms with Crippen LogP contribution in [0.25, 0.3) is 0 Å². The number of hydrogen-bond donors (Lipinski definition) is 1. The SMILES string of the molecule is O=C(CCC1CN(C(=O)c2ncccc2F)CC12CCCCC2)NC1CC1. The molecule has 146 valence electrons. The highest BCUT2D eigenvalue weighted by atomic mass is 19.1. The summed E-state index contributed by atoms with van der Waals surface area (Å²) in [6, 6.07) is 3.17. The number of rotatable bonds is 5. The maximum atomic E-state index is 14.0. The summed E-state index contributed by atoms with van der Waals surface area (Å²) in [4.78, 5) is 30.8. The Morgan fingerprint density at radius 3 is 2.74 bits per heavy atom. The van der Waals surface area contributed by atoms with Gasteiger partial charge in [0, 0.05) is 31.7 Å². The Balaban J connectivity index is 1.46. The molecule has 5 nitrogen and oxygen atoms in total. The summed E-state index contributed by atoms with van der Waals surface area (Å²) in [6.45, 7) is 1.27. The molecule has 1 N–H and O–H groups in total. The van der Waals surface area contributed by atoms with Gasteiger partial charge in [0.05, 0.1) is 0 Å². The lowest BCUT2D eigenvalue weighted by Gasteiger charge is -2.38. The van der Waals surface area contributed by atoms with Crippen molar-refractivity contribution in [2.45, 2.75) is 63.8 Å². The van der Waals surface area contributed by atoms with Gasteiger partial charge in [-0.2, -0.15) is 0 Å². The smallest absolute Gasteiger partial charge is 0.275 e. The van der Waals surface area contributed by atoms with Gasteiger partial charge in [-0.25, -0.2) is 9.37 Å². The van der Waals surface area contributed by atoms with Crippen molar-refractivity contribution >= 4 is 11.8 Å². The highest BCUT2D eigenvalue weighted by molar-refractivity contribution is 5.92. The molecule has 6 heteroatoms. The quantitative estimate of drug-likeness (QED) is 0.861. The van der Waals surface area contributed by atoms with Crippen molar-refractivity contribution < 1.29 is 14.0 Å². The molecule has 0 aromatic carbocycles. The van der Waals surface area contributed by atoms with E-state index in [0.29, 0.717) is 31.5 Å². The molecule has 3 aliphatic rings. The minimum Gasteiger partial charge on any atom is -0.353 e. The van der Waals surface area contributed by atoms with Crippen LogP contribution in [0.5, 0.6) is 0 Å². The van der Waals surface area contributed by atoms with E-state index in [-0.39, 0.29) is 22.9 Å². The second kappa shape index (κ2) is 7.56. The fraction of sp³-hybridized carbons (Fsp3) is 0.667. The molecule has 27 heavy (non-hydrogen) atoms. The molecule has 1 aliphatic heterocycles. The van der Waals surface area contributed by atoms with E-state index >= 15 is 0 Å². The zero-order valence-electron chi connectivity index (χ0n) is 15.8. The number of hydrogen-bond acceptors (Lipinski definition) is 3. The van der Waals surface area contributed by atoms with Crippen LogP contribution in [0.2, 0.25) is 0 Å². The van der Waals surface area contributed by atoms with Crippen molar-refractivity contribution in [2.75, 3.05) is 13.1 Å². The van der Waals surface area contributed by atoms with E-state index in [2.05, 4.69) is 10.3 Å². The van der Waals surface area contributed by atoms with Crippen LogP contribution < -0.4 is 5.32 Å². The molecule has 2 amide bonds. The summed E-state index contributed by atoms with van der Waals surface area (Å²) in [5.74, 6) is -0.446. The Kier molecular flexibility index (Phi) is 5.15. The number of nitrogens with one attached hydrogen (secondary N) is 1. The third-order valence-electron chi connectivity index (χ3n) is 6.57. The third-order valence-corrected chi connectivity index (χ3v) is 6.57. The summed E-state index contributed by atoms with van der Waals surface area (Å²) >= 11 is 0. The molecule has 1 unspecified atom stereocenters. The van der Waals surface area contributed by atoms with Gasteiger partial charge < -0.3 is 10.2 Å². The number of amides is 2. The molecule has 3 fully saturated rings. The lowest BCUT2D eigenvalue weighted by Crippen LogP contribution is -2.35. The van der Waals surface area contributed by atoms with Crippen LogP contribution in [0.1, 0.15) is 68.3 Å². The number of likely N-dealkylation sites (tertiary alicyclic amines) is 1. The number of aromatic nitrogens is 1. The van der Waals surface area contributed by atoms with Crippen LogP contribution in [0.15, 0.2) is 18.3 Å². The fourth-order valence-electron chi connectivity index (χ4n) is 4.93. The average molecular weight is 373 g/mol. The molecule has 0 radical (unpaired) electrons. The van der Waals surface area contributed by atoms with Crippen molar-refractivity contribution in [3.8, 4) is 0 Å². The summed E-state index contributed by atoms with van der Waals surface area (Å²) in [5.41, 5.74) is -0.00505. The van der Waals surface area contributed by atoms with Gasteiger partial charge in [-0.3, -0.25) is 9.59 Å². The van der Waals surface area contributed by atoms with Crippen molar-refractivity contribution in [2.24, 2.45) is 11.3 Å². The average Bonchev–Trinajstić information content (AvgIpc) is 3.42. The van der Waals surface area contributed by atoms with Gasteiger partial charge in [-0.1, -0.05) is 19.3 Å². The first kappa shape index (κ1) is 18.4. The first-order valence-electron chi connectivity index (χ1n) is 10.3. The Labute approximate surface area is 159 Å². The molecule has 2 saturated carbocycles. The summed E-state index contributed by atoms with van der Waals surface area (Å²) in [7, 11) is 0. The minimum absolute atomic E-state index is 0.0824. The van der Waals surface area contributed by atoms with E-state index in [1.165, 1.54) is 37.6 Å². The fourth-order valence-corrected chi connectivity index (χ4v) is 4.93. The van der Waals surface area contributed by atoms with Crippen LogP contribution in [-0.4, -0.2) is 40.8 Å². The molecular formula is C21H28FN3O2. The Bertz CT molecular complexity index is 713. The first-order valence-corrected chi connectivity index (χ1v) is 10.3. The maximum Gasteiger partial charge on any atom is 0.275 e. The van der Waals surface area contributed by atoms with E-state index in [1.807, 2.05) is 0 Å². The summed E-state index contributed by atoms with van der Waals surface area (Å²) < 4.78 is 14.0. The van der Waals surface area contributed by atoms with Gasteiger partial charge >= 0.3 is 0 Å². The predicted octanol–water partition coefficient (Wildman–Crippen LogP) is 3.30. The molecule has 4 rings (SSSR count). The molecular weight excluding hydrogens is 345 g/mol. The zero-order chi connectivity index (χ0) is 18.9. The van der Waals surface area contributed by atoms with Crippen LogP contribution in [0.3, 0.4) is 0 Å². The summed E-state index contributed by atoms with van der Waals surface area (Å²) in [6.07, 6.45) is 10.7. The molecule has 1 spiro atoms. The molecule has 1 aromatic rings. The molecule has 2 heterocycles. The van der Waals surface area contributed by atoms with Gasteiger partial charge in [-0.05, 0) is 55.6 Å². The van der Waals surface area contributed by atoms with Crippen molar-refractivity contribution in [3.63, 3.8) is 0 Å². The molecule has 1 atom stereocenters. The van der Waals surface area contributed by atoms with E-state index in [0.717, 1.165) is 32.1 Å². The molecule has 0 bridgehead atoms. The maximum absolute atomic E-state index is 14.0. The number of pyridine rings is 1. The van der Waals surface area contributed by atoms with Crippen LogP contribution >= 0.6 is 0 Å². The molecule has 1 aromatic heterocycles. The van der Waals surface area contributed by atoms with Gasteiger partial charge in [0.25, 0.3) is 5.91 Å². The topological polar surface area (TPSA) is 62.3 Å². The monoisotopic (exact) mass is 373 g/mol. The largest absolute Gasteiger partial charge is 0.353 e. The first-order chi connectivity index (χ1) is 13.1. The molecule has 2 aliphatic carbocycles. The van der Waals surface area contributed by atoms with Gasteiger partial charge in [-0.15, -0.1) is 0 Å². The van der Waals surface area contributed by atoms with E-state index < -0.39 is 5.82 Å². The van der Waals surface area contributed by atoms with E-state index in [1.54, 1.807) is 4.90 Å². The van der Waals surface area contributed by atoms with Crippen molar-refractivity contribution in [1.29, 1.82) is 0 Å². The van der Waals surface area contributed by atoms with Gasteiger partial charge in [0.2, 0.25) is 5.91 Å². The molecule has 1 saturated heterocycles. The highest BCUT2D eigenvalue weighted by Gasteiger charge is 2.48. The lowest BCUT2D eigenvalue weighted by molar-refractivity contribution is -0.121. The second-order valence-corrected chi connectivity index (χ2v) is 8.52. The number of nitrogens with zero attached hydrogens (tertiary/aromatic N) is 2. The summed E-state index contributed by atoms with van der Waals surface area (Å²) in [5, 5.41) is 3.06. The van der Waals surface area contributed by atoms with Crippen molar-refractivity contribution in [3.05, 3.63) is 29.8 Å². The van der Waals surface area contributed by atoms with Crippen LogP contribution in [-0.2, 0) is 4.79 Å². The number of carbonyl (C=O) groups excluding carboxylic acids is 2. The van der Waals surface area contributed by atoms with Gasteiger partial charge in [0.1, 0.15) is 0 Å². The predicted molar refractivity (Wildman–Crippen MR) is 99.5 cm³/mol. The third kappa shape index (κ3) is 3.99. The highest BCUT2D eigenvalue weighted by Crippen LogP contribution is 2.49. The van der Waals surface area contributed by atoms with Crippen molar-refractivity contribution in [1.82, 2.24) is 15.2 Å². The Morgan fingerprint density at radius 1 is 1.26 bits per heavy atom. The lowest BCUT2D eigenvalue weighted by atomic mass is 9.66. The zero-order valence-corrected chi connectivity index (χ0v) is 15.8. The van der Waals surface area contributed by atoms with Gasteiger partial charge in [0.15, 0.2) is 11.5 Å². The van der Waals surface area contributed by atoms with E-state index in [9.17, 15) is 14.0 Å². The number of carbonyl (C=O) groups is 2. The number of halogens is 1. The van der Waals surface area contributed by atoms with Crippen LogP contribution in [0.4, 0.5) is 4.39 Å². The normalized spacial score (nSPS) is 24.2. The second-order valence-electron chi connectivity index (χ2n) is 8.52. The standard InChI is InChI=1S/C21H28FN3O2/c22-17-5-4-12-23-19(17)20(27)25-13-15(6-9-18(26)24-16-7-8-16)21(14-25)10-2-1-3-11-21/h4-5,12,15-16H,1-3,6-11,13-14H2,(H,24,26). The Morgan fingerprint density at radius 2 is 2.04 bits per heavy atom. The minimum atomic E-state index is -0.563. The van der Waals surface area contributed by atoms with Crippen LogP contribution in [0, 0.1) is 17.2 Å². The Hall–Kier alpha value is -1.98. The van der Waals surface area contributed by atoms with E-state index in [4.69, 9.17) is 0 Å².